The summed E-state index contributed by atoms with van der Waals surface area (Å²) in [5.41, 5.74) is 2.51. The Morgan fingerprint density at radius 2 is 1.74 bits per heavy atom. The number of hydrogen-bond acceptors (Lipinski definition) is 5. The van der Waals surface area contributed by atoms with Gasteiger partial charge in [0.25, 0.3) is 5.91 Å². The van der Waals surface area contributed by atoms with Crippen LogP contribution in [0.1, 0.15) is 28.4 Å². The van der Waals surface area contributed by atoms with E-state index in [1.54, 1.807) is 47.4 Å². The molecule has 1 aliphatic rings. The summed E-state index contributed by atoms with van der Waals surface area (Å²) >= 11 is 1.28. The number of carboxylic acid groups (broad SMARTS) is 1. The molecule has 8 heteroatoms. The monoisotopic (exact) mass is 476 g/mol. The molecule has 0 atom stereocenters. The molecule has 1 heterocycles. The molecule has 34 heavy (non-hydrogen) atoms. The van der Waals surface area contributed by atoms with Crippen molar-refractivity contribution in [3.8, 4) is 5.75 Å². The van der Waals surface area contributed by atoms with Gasteiger partial charge < -0.3 is 9.84 Å². The molecule has 0 radical (unpaired) electrons. The predicted octanol–water partition coefficient (Wildman–Crippen LogP) is 5.73. The molecule has 1 amide bonds. The quantitative estimate of drug-likeness (QED) is 0.441. The highest BCUT2D eigenvalue weighted by Crippen LogP contribution is 2.34. The SMILES string of the molecule is CCN1C(=O)/C(=C\c2ccc(OCc3ccc(C(=O)O)cc3)cc2)SC1=Nc1ccc(F)cc1. The summed E-state index contributed by atoms with van der Waals surface area (Å²) < 4.78 is 18.9. The Balaban J connectivity index is 1.43. The average Bonchev–Trinajstić information content (AvgIpc) is 3.13. The third kappa shape index (κ3) is 5.52. The van der Waals surface area contributed by atoms with Crippen molar-refractivity contribution in [1.82, 2.24) is 4.90 Å². The number of amidine groups is 1. The maximum atomic E-state index is 13.2. The minimum atomic E-state index is -0.966. The summed E-state index contributed by atoms with van der Waals surface area (Å²) in [7, 11) is 0. The number of aromatic carboxylic acids is 1. The van der Waals surface area contributed by atoms with E-state index in [-0.39, 0.29) is 17.3 Å². The summed E-state index contributed by atoms with van der Waals surface area (Å²) in [6, 6.07) is 19.7. The molecule has 4 rings (SSSR count). The largest absolute Gasteiger partial charge is 0.489 e. The number of rotatable bonds is 7. The number of likely N-dealkylation sites (N-methyl/N-ethyl adjacent to an activating group) is 1. The minimum absolute atomic E-state index is 0.126. The summed E-state index contributed by atoms with van der Waals surface area (Å²) in [6.45, 7) is 2.66. The van der Waals surface area contributed by atoms with Gasteiger partial charge in [0, 0.05) is 6.54 Å². The Hall–Kier alpha value is -3.91. The average molecular weight is 477 g/mol. The van der Waals surface area contributed by atoms with E-state index in [9.17, 15) is 14.0 Å². The Labute approximate surface area is 200 Å². The number of benzene rings is 3. The summed E-state index contributed by atoms with van der Waals surface area (Å²) in [6.07, 6.45) is 1.80. The lowest BCUT2D eigenvalue weighted by molar-refractivity contribution is -0.122. The molecule has 0 bridgehead atoms. The number of ether oxygens (including phenoxy) is 1. The van der Waals surface area contributed by atoms with Crippen molar-refractivity contribution in [3.63, 3.8) is 0 Å². The minimum Gasteiger partial charge on any atom is -0.489 e. The molecule has 0 unspecified atom stereocenters. The number of thioether (sulfide) groups is 1. The lowest BCUT2D eigenvalue weighted by Gasteiger charge is -2.11. The van der Waals surface area contributed by atoms with Gasteiger partial charge in [-0.25, -0.2) is 14.2 Å². The van der Waals surface area contributed by atoms with Crippen LogP contribution < -0.4 is 4.74 Å². The van der Waals surface area contributed by atoms with E-state index < -0.39 is 5.97 Å². The third-order valence-electron chi connectivity index (χ3n) is 5.04. The van der Waals surface area contributed by atoms with Gasteiger partial charge in [0.1, 0.15) is 18.2 Å². The van der Waals surface area contributed by atoms with Gasteiger partial charge in [-0.05, 0) is 84.4 Å². The van der Waals surface area contributed by atoms with Crippen molar-refractivity contribution in [1.29, 1.82) is 0 Å². The van der Waals surface area contributed by atoms with Crippen molar-refractivity contribution >= 4 is 40.6 Å². The zero-order valence-corrected chi connectivity index (χ0v) is 19.1. The van der Waals surface area contributed by atoms with Crippen LogP contribution in [0, 0.1) is 5.82 Å². The molecular weight excluding hydrogens is 455 g/mol. The van der Waals surface area contributed by atoms with E-state index in [0.29, 0.717) is 34.7 Å². The summed E-state index contributed by atoms with van der Waals surface area (Å²) in [5, 5.41) is 9.52. The van der Waals surface area contributed by atoms with E-state index in [0.717, 1.165) is 11.1 Å². The third-order valence-corrected chi connectivity index (χ3v) is 6.05. The van der Waals surface area contributed by atoms with Crippen LogP contribution in [-0.2, 0) is 11.4 Å². The molecule has 3 aromatic carbocycles. The molecule has 6 nitrogen and oxygen atoms in total. The molecule has 0 spiro atoms. The second-order valence-corrected chi connectivity index (χ2v) is 8.40. The maximum absolute atomic E-state index is 13.2. The van der Waals surface area contributed by atoms with E-state index in [4.69, 9.17) is 9.84 Å². The van der Waals surface area contributed by atoms with Crippen LogP contribution in [0.4, 0.5) is 10.1 Å². The van der Waals surface area contributed by atoms with E-state index >= 15 is 0 Å². The van der Waals surface area contributed by atoms with Crippen LogP contribution in [0.15, 0.2) is 82.7 Å². The first-order chi connectivity index (χ1) is 16.4. The molecule has 0 aromatic heterocycles. The van der Waals surface area contributed by atoms with Crippen LogP contribution in [0.5, 0.6) is 5.75 Å². The van der Waals surface area contributed by atoms with Crippen LogP contribution in [0.3, 0.4) is 0 Å². The topological polar surface area (TPSA) is 79.2 Å². The van der Waals surface area contributed by atoms with E-state index in [1.165, 1.54) is 23.9 Å². The van der Waals surface area contributed by atoms with Gasteiger partial charge in [0.05, 0.1) is 16.2 Å². The van der Waals surface area contributed by atoms with Gasteiger partial charge in [-0.1, -0.05) is 24.3 Å². The van der Waals surface area contributed by atoms with Crippen molar-refractivity contribution in [2.75, 3.05) is 6.54 Å². The molecule has 0 saturated carbocycles. The molecule has 1 saturated heterocycles. The molecule has 1 aliphatic heterocycles. The normalized spacial score (nSPS) is 15.8. The predicted molar refractivity (Wildman–Crippen MR) is 131 cm³/mol. The van der Waals surface area contributed by atoms with Gasteiger partial charge >= 0.3 is 5.97 Å². The smallest absolute Gasteiger partial charge is 0.335 e. The Kier molecular flexibility index (Phi) is 7.08. The van der Waals surface area contributed by atoms with Crippen LogP contribution in [-0.4, -0.2) is 33.6 Å². The van der Waals surface area contributed by atoms with Gasteiger partial charge in [-0.15, -0.1) is 0 Å². The Bertz CT molecular complexity index is 1250. The highest BCUT2D eigenvalue weighted by Gasteiger charge is 2.32. The first-order valence-corrected chi connectivity index (χ1v) is 11.4. The van der Waals surface area contributed by atoms with Crippen molar-refractivity contribution in [3.05, 3.63) is 100 Å². The highest BCUT2D eigenvalue weighted by molar-refractivity contribution is 8.18. The molecular formula is C26H21FN2O4S. The standard InChI is InChI=1S/C26H21FN2O4S/c1-2-29-24(30)23(34-26(29)28-21-11-9-20(27)10-12-21)15-17-5-13-22(14-6-17)33-16-18-3-7-19(8-4-18)25(31)32/h3-15H,2,16H2,1H3,(H,31,32)/b23-15+,28-26?. The number of hydrogen-bond donors (Lipinski definition) is 1. The molecule has 0 aliphatic carbocycles. The lowest BCUT2D eigenvalue weighted by Crippen LogP contribution is -2.28. The Morgan fingerprint density at radius 3 is 2.35 bits per heavy atom. The maximum Gasteiger partial charge on any atom is 0.335 e. The van der Waals surface area contributed by atoms with Gasteiger partial charge in [0.15, 0.2) is 5.17 Å². The fourth-order valence-electron chi connectivity index (χ4n) is 3.22. The van der Waals surface area contributed by atoms with Crippen LogP contribution in [0.25, 0.3) is 6.08 Å². The molecule has 1 N–H and O–H groups in total. The molecule has 3 aromatic rings. The number of nitrogens with zero attached hydrogens (tertiary/aromatic N) is 2. The number of carbonyl (C=O) groups excluding carboxylic acids is 1. The molecule has 1 fully saturated rings. The summed E-state index contributed by atoms with van der Waals surface area (Å²) in [4.78, 5) is 30.4. The number of halogens is 1. The highest BCUT2D eigenvalue weighted by atomic mass is 32.2. The van der Waals surface area contributed by atoms with E-state index in [2.05, 4.69) is 4.99 Å². The first-order valence-electron chi connectivity index (χ1n) is 10.5. The number of carbonyl (C=O) groups is 2. The second-order valence-electron chi connectivity index (χ2n) is 7.39. The van der Waals surface area contributed by atoms with Gasteiger partial charge in [-0.2, -0.15) is 0 Å². The fraction of sp³-hybridized carbons (Fsp3) is 0.115. The van der Waals surface area contributed by atoms with Crippen LogP contribution in [0.2, 0.25) is 0 Å². The Morgan fingerprint density at radius 1 is 1.06 bits per heavy atom. The number of carboxylic acids is 1. The van der Waals surface area contributed by atoms with Crippen molar-refractivity contribution in [2.24, 2.45) is 4.99 Å². The fourth-order valence-corrected chi connectivity index (χ4v) is 4.28. The first kappa shape index (κ1) is 23.3. The van der Waals surface area contributed by atoms with Gasteiger partial charge in [0.2, 0.25) is 0 Å². The van der Waals surface area contributed by atoms with Gasteiger partial charge in [-0.3, -0.25) is 9.69 Å². The lowest BCUT2D eigenvalue weighted by atomic mass is 10.1. The summed E-state index contributed by atoms with van der Waals surface area (Å²) in [5.74, 6) is -0.773. The number of amides is 1. The van der Waals surface area contributed by atoms with Crippen molar-refractivity contribution in [2.45, 2.75) is 13.5 Å². The second kappa shape index (κ2) is 10.4. The zero-order valence-electron chi connectivity index (χ0n) is 18.3. The molecule has 172 valence electrons. The zero-order chi connectivity index (χ0) is 24.1. The van der Waals surface area contributed by atoms with Crippen LogP contribution >= 0.6 is 11.8 Å². The van der Waals surface area contributed by atoms with E-state index in [1.807, 2.05) is 31.2 Å². The van der Waals surface area contributed by atoms with Crippen molar-refractivity contribution < 1.29 is 23.8 Å². The number of aliphatic imine (C=N–C) groups is 1.